The van der Waals surface area contributed by atoms with Gasteiger partial charge < -0.3 is 69.3 Å². The minimum atomic E-state index is -1.72. The number of carboxylic acid groups (broad SMARTS) is 2. The summed E-state index contributed by atoms with van der Waals surface area (Å²) in [6, 6.07) is 1.37. The Hall–Kier alpha value is -6.44. The summed E-state index contributed by atoms with van der Waals surface area (Å²) in [5, 5.41) is 49.6. The smallest absolute Gasteiger partial charge is 0.326 e. The number of nitrogens with two attached hydrogens (primary N) is 2. The van der Waals surface area contributed by atoms with Crippen molar-refractivity contribution in [1.29, 1.82) is 0 Å². The largest absolute Gasteiger partial charge is 0.508 e. The zero-order chi connectivity index (χ0) is 52.1. The van der Waals surface area contributed by atoms with Gasteiger partial charge >= 0.3 is 11.9 Å². The van der Waals surface area contributed by atoms with Gasteiger partial charge in [-0.1, -0.05) is 77.9 Å². The number of unbranched alkanes of at least 4 members (excludes halogenated alkanes) is 1. The maximum atomic E-state index is 14.3. The van der Waals surface area contributed by atoms with Crippen LogP contribution in [0.4, 0.5) is 0 Å². The van der Waals surface area contributed by atoms with Crippen molar-refractivity contribution < 1.29 is 63.3 Å². The molecule has 0 bridgehead atoms. The van der Waals surface area contributed by atoms with Gasteiger partial charge in [-0.25, -0.2) is 4.79 Å². The van der Waals surface area contributed by atoms with Crippen molar-refractivity contribution in [3.63, 3.8) is 0 Å². The number of phenols is 1. The van der Waals surface area contributed by atoms with Crippen LogP contribution in [0.15, 0.2) is 54.6 Å². The summed E-state index contributed by atoms with van der Waals surface area (Å²) in [5.41, 5.74) is 12.4. The molecular weight excluding hydrogens is 953 g/mol. The van der Waals surface area contributed by atoms with Crippen molar-refractivity contribution in [3.05, 3.63) is 65.7 Å². The van der Waals surface area contributed by atoms with Crippen LogP contribution >= 0.6 is 21.6 Å². The van der Waals surface area contributed by atoms with Crippen molar-refractivity contribution in [2.75, 3.05) is 18.1 Å². The fourth-order valence-corrected chi connectivity index (χ4v) is 9.04. The van der Waals surface area contributed by atoms with Gasteiger partial charge in [-0.15, -0.1) is 0 Å². The number of hydrogen-bond acceptors (Lipinski definition) is 15. The average molecular weight is 1020 g/mol. The fraction of sp³-hybridized carbons (Fsp3) is 0.511. The highest BCUT2D eigenvalue weighted by molar-refractivity contribution is 8.76. The molecule has 1 aliphatic heterocycles. The summed E-state index contributed by atoms with van der Waals surface area (Å²) in [7, 11) is 1.80. The Morgan fingerprint density at radius 1 is 0.700 bits per heavy atom. The number of carbonyl (C=O) groups excluding carboxylic acids is 8. The molecule has 384 valence electrons. The highest BCUT2D eigenvalue weighted by Gasteiger charge is 2.36. The summed E-state index contributed by atoms with van der Waals surface area (Å²) in [4.78, 5) is 135. The van der Waals surface area contributed by atoms with E-state index in [0.29, 0.717) is 24.0 Å². The summed E-state index contributed by atoms with van der Waals surface area (Å²) in [6.45, 7) is 6.01. The number of aliphatic carboxylic acids is 2. The Morgan fingerprint density at radius 3 is 1.83 bits per heavy atom. The van der Waals surface area contributed by atoms with Crippen LogP contribution in [0.25, 0.3) is 0 Å². The molecule has 9 atom stereocenters. The maximum absolute atomic E-state index is 14.3. The molecule has 1 fully saturated rings. The quantitative estimate of drug-likeness (QED) is 0.0576. The van der Waals surface area contributed by atoms with Crippen LogP contribution in [0.1, 0.15) is 64.5 Å². The van der Waals surface area contributed by atoms with E-state index >= 15 is 0 Å². The second-order valence-corrected chi connectivity index (χ2v) is 19.5. The number of rotatable bonds is 18. The molecule has 2 aromatic rings. The first-order valence-electron chi connectivity index (χ1n) is 22.5. The van der Waals surface area contributed by atoms with Gasteiger partial charge in [0.25, 0.3) is 0 Å². The van der Waals surface area contributed by atoms with Gasteiger partial charge in [0.15, 0.2) is 0 Å². The Kier molecular flexibility index (Phi) is 23.9. The first kappa shape index (κ1) is 57.9. The monoisotopic (exact) mass is 1020 g/mol. The molecule has 0 radical (unpaired) electrons. The van der Waals surface area contributed by atoms with Gasteiger partial charge in [0.1, 0.15) is 54.1 Å². The fourth-order valence-electron chi connectivity index (χ4n) is 6.72. The van der Waals surface area contributed by atoms with Crippen LogP contribution in [0.5, 0.6) is 5.75 Å². The third-order valence-corrected chi connectivity index (χ3v) is 13.2. The molecule has 3 rings (SSSR count). The molecule has 0 aromatic heterocycles. The van der Waals surface area contributed by atoms with Crippen LogP contribution in [0.2, 0.25) is 0 Å². The van der Waals surface area contributed by atoms with Crippen molar-refractivity contribution in [3.8, 4) is 5.75 Å². The maximum Gasteiger partial charge on any atom is 0.326 e. The lowest BCUT2D eigenvalue weighted by atomic mass is 10.0. The van der Waals surface area contributed by atoms with Gasteiger partial charge in [0.05, 0.1) is 12.5 Å². The highest BCUT2D eigenvalue weighted by atomic mass is 33.1. The first-order valence-corrected chi connectivity index (χ1v) is 25.0. The van der Waals surface area contributed by atoms with Gasteiger partial charge in [-0.05, 0) is 68.8 Å². The zero-order valence-corrected chi connectivity index (χ0v) is 40.9. The lowest BCUT2D eigenvalue weighted by molar-refractivity contribution is -0.143. The number of aromatic hydroxyl groups is 1. The standard InChI is InChI=1S/C45H64N10O13S2/c1-23(2)36(45(67)68)55-44(66)34-22-70-69-21-33(53-42(64)32(20-35(57)58)50-37(59)24(3)47)43(65)52-30(18-26-10-6-5-7-11-26)40(62)48-25(4)38(60)49-29(12-8-9-17-46)39(61)51-31(41(63)54-34)19-27-13-15-28(56)16-14-27/h5-7,10-11,13-16,23-25,29-34,36,56H,8-9,12,17-22,46-47H2,1-4H3,(H,48,62)(H,49,60)(H,50,59)(H,51,61)(H,52,65)(H,53,64)(H,54,63)(H,55,66)(H,57,58)(H,67,68)/t24-,25-,29-,30-,31-,32-,33-,34-,36-/m0/s1. The number of carbonyl (C=O) groups is 10. The van der Waals surface area contributed by atoms with Crippen LogP contribution in [0, 0.1) is 5.92 Å². The Morgan fingerprint density at radius 2 is 1.26 bits per heavy atom. The van der Waals surface area contributed by atoms with Crippen molar-refractivity contribution >= 4 is 80.8 Å². The van der Waals surface area contributed by atoms with E-state index in [1.807, 2.05) is 0 Å². The van der Waals surface area contributed by atoms with Crippen molar-refractivity contribution in [1.82, 2.24) is 42.5 Å². The SMILES string of the molecule is CC(C)[C@H](NC(=O)[C@@H]1CSSC[C@H](NC(=O)[C@H](CC(=O)O)NC(=O)[C@H](C)N)C(=O)N[C@@H](Cc2ccccc2)C(=O)N[C@@H](C)C(=O)N[C@@H](CCCCN)C(=O)N[C@@H](Cc2ccc(O)cc2)C(=O)N1)C(=O)O. The van der Waals surface area contributed by atoms with Crippen LogP contribution in [-0.4, -0.2) is 147 Å². The summed E-state index contributed by atoms with van der Waals surface area (Å²) < 4.78 is 0. The molecule has 70 heavy (non-hydrogen) atoms. The topological polar surface area (TPSA) is 380 Å². The summed E-state index contributed by atoms with van der Waals surface area (Å²) in [6.07, 6.45) is -0.394. The molecular formula is C45H64N10O13S2. The third kappa shape index (κ3) is 19.5. The molecule has 1 saturated heterocycles. The predicted octanol–water partition coefficient (Wildman–Crippen LogP) is -1.84. The highest BCUT2D eigenvalue weighted by Crippen LogP contribution is 2.24. The van der Waals surface area contributed by atoms with Gasteiger partial charge in [0.2, 0.25) is 47.3 Å². The second-order valence-electron chi connectivity index (χ2n) is 17.0. The Labute approximate surface area is 412 Å². The molecule has 23 nitrogen and oxygen atoms in total. The molecule has 8 amide bonds. The van der Waals surface area contributed by atoms with E-state index in [1.165, 1.54) is 38.1 Å². The molecule has 1 aliphatic rings. The molecule has 0 saturated carbocycles. The van der Waals surface area contributed by atoms with E-state index in [4.69, 9.17) is 11.5 Å². The molecule has 0 spiro atoms. The van der Waals surface area contributed by atoms with Crippen LogP contribution in [0.3, 0.4) is 0 Å². The Balaban J connectivity index is 2.17. The van der Waals surface area contributed by atoms with Gasteiger partial charge in [0, 0.05) is 24.3 Å². The molecule has 15 N–H and O–H groups in total. The predicted molar refractivity (Wildman–Crippen MR) is 259 cm³/mol. The Bertz CT molecular complexity index is 2150. The van der Waals surface area contributed by atoms with E-state index in [1.54, 1.807) is 44.2 Å². The number of benzene rings is 2. The zero-order valence-electron chi connectivity index (χ0n) is 39.2. The number of hydrogen-bond donors (Lipinski definition) is 13. The second kappa shape index (κ2) is 28.9. The number of carboxylic acids is 2. The van der Waals surface area contributed by atoms with Gasteiger partial charge in [-0.2, -0.15) is 0 Å². The van der Waals surface area contributed by atoms with E-state index in [-0.39, 0.29) is 43.1 Å². The number of phenolic OH excluding ortho intramolecular Hbond substituents is 1. The minimum Gasteiger partial charge on any atom is -0.508 e. The third-order valence-electron chi connectivity index (χ3n) is 10.7. The molecule has 0 aliphatic carbocycles. The van der Waals surface area contributed by atoms with Crippen LogP contribution in [-0.2, 0) is 60.8 Å². The lowest BCUT2D eigenvalue weighted by Gasteiger charge is -2.28. The first-order chi connectivity index (χ1) is 33.1. The number of nitrogens with one attached hydrogen (secondary N) is 8. The minimum absolute atomic E-state index is 0.0374. The molecule has 25 heteroatoms. The van der Waals surface area contributed by atoms with E-state index in [2.05, 4.69) is 42.5 Å². The van der Waals surface area contributed by atoms with E-state index in [0.717, 1.165) is 21.6 Å². The molecule has 0 unspecified atom stereocenters. The summed E-state index contributed by atoms with van der Waals surface area (Å²) >= 11 is 0. The van der Waals surface area contributed by atoms with Crippen molar-refractivity contribution in [2.24, 2.45) is 17.4 Å². The van der Waals surface area contributed by atoms with Crippen molar-refractivity contribution in [2.45, 2.75) is 121 Å². The van der Waals surface area contributed by atoms with E-state index < -0.39 is 126 Å². The molecule has 2 aromatic carbocycles. The van der Waals surface area contributed by atoms with Crippen LogP contribution < -0.4 is 54.0 Å². The molecule has 1 heterocycles. The normalized spacial score (nSPS) is 22.3. The average Bonchev–Trinajstić information content (AvgIpc) is 3.30. The van der Waals surface area contributed by atoms with Gasteiger partial charge in [-0.3, -0.25) is 43.2 Å². The summed E-state index contributed by atoms with van der Waals surface area (Å²) in [5.74, 6) is -11.4. The number of amides is 8. The lowest BCUT2D eigenvalue weighted by Crippen LogP contribution is -2.61. The van der Waals surface area contributed by atoms with E-state index in [9.17, 15) is 63.3 Å².